The minimum atomic E-state index is 0.111. The maximum atomic E-state index is 5.70. The fourth-order valence-corrected chi connectivity index (χ4v) is 2.21. The molecule has 1 fully saturated rings. The van der Waals surface area contributed by atoms with Crippen LogP contribution in [0.25, 0.3) is 0 Å². The van der Waals surface area contributed by atoms with E-state index in [4.69, 9.17) is 15.2 Å². The smallest absolute Gasteiger partial charge is 0.237 e. The van der Waals surface area contributed by atoms with Gasteiger partial charge in [-0.15, -0.1) is 11.8 Å². The van der Waals surface area contributed by atoms with Crippen molar-refractivity contribution in [1.29, 1.82) is 0 Å². The summed E-state index contributed by atoms with van der Waals surface area (Å²) in [5, 5.41) is 0. The van der Waals surface area contributed by atoms with Crippen molar-refractivity contribution in [3.05, 3.63) is 18.3 Å². The van der Waals surface area contributed by atoms with Gasteiger partial charge in [-0.05, 0) is 24.3 Å². The van der Waals surface area contributed by atoms with Gasteiger partial charge in [0.2, 0.25) is 5.88 Å². The molecule has 0 spiro atoms. The second-order valence-electron chi connectivity index (χ2n) is 3.23. The van der Waals surface area contributed by atoms with E-state index in [9.17, 15) is 0 Å². The van der Waals surface area contributed by atoms with Crippen LogP contribution in [0.5, 0.6) is 5.88 Å². The van der Waals surface area contributed by atoms with Gasteiger partial charge in [0.05, 0.1) is 5.69 Å². The Kier molecular flexibility index (Phi) is 3.69. The second kappa shape index (κ2) is 5.23. The average Bonchev–Trinajstić information content (AvgIpc) is 2.29. The van der Waals surface area contributed by atoms with E-state index in [0.29, 0.717) is 18.2 Å². The molecule has 0 saturated carbocycles. The molecule has 5 heteroatoms. The molecule has 2 heterocycles. The molecular weight excluding hydrogens is 212 g/mol. The van der Waals surface area contributed by atoms with E-state index in [1.54, 1.807) is 30.1 Å². The molecule has 1 aromatic heterocycles. The van der Waals surface area contributed by atoms with Gasteiger partial charge in [0.25, 0.3) is 0 Å². The van der Waals surface area contributed by atoms with Gasteiger partial charge >= 0.3 is 0 Å². The highest BCUT2D eigenvalue weighted by Gasteiger charge is 2.15. The fourth-order valence-electron chi connectivity index (χ4n) is 1.30. The maximum Gasteiger partial charge on any atom is 0.237 e. The number of hydrogen-bond donors (Lipinski definition) is 1. The SMILES string of the molecule is Nc1cccnc1OC[C@H]1OCCCS1. The highest BCUT2D eigenvalue weighted by Crippen LogP contribution is 2.22. The molecule has 15 heavy (non-hydrogen) atoms. The quantitative estimate of drug-likeness (QED) is 0.847. The predicted molar refractivity (Wildman–Crippen MR) is 61.0 cm³/mol. The number of anilines is 1. The minimum Gasteiger partial charge on any atom is -0.473 e. The van der Waals surface area contributed by atoms with Crippen LogP contribution in [0.15, 0.2) is 18.3 Å². The summed E-state index contributed by atoms with van der Waals surface area (Å²) in [7, 11) is 0. The lowest BCUT2D eigenvalue weighted by Crippen LogP contribution is -2.23. The van der Waals surface area contributed by atoms with Crippen LogP contribution < -0.4 is 10.5 Å². The van der Waals surface area contributed by atoms with Crippen LogP contribution in [0.3, 0.4) is 0 Å². The number of nitrogens with two attached hydrogens (primary N) is 1. The van der Waals surface area contributed by atoms with Gasteiger partial charge in [-0.1, -0.05) is 0 Å². The van der Waals surface area contributed by atoms with Gasteiger partial charge in [-0.2, -0.15) is 0 Å². The molecule has 2 N–H and O–H groups in total. The lowest BCUT2D eigenvalue weighted by atomic mass is 10.4. The summed E-state index contributed by atoms with van der Waals surface area (Å²) in [6.45, 7) is 1.32. The van der Waals surface area contributed by atoms with Crippen molar-refractivity contribution < 1.29 is 9.47 Å². The molecular formula is C10H14N2O2S. The zero-order valence-electron chi connectivity index (χ0n) is 8.39. The van der Waals surface area contributed by atoms with E-state index < -0.39 is 0 Å². The summed E-state index contributed by atoms with van der Waals surface area (Å²) in [5.74, 6) is 1.62. The third-order valence-electron chi connectivity index (χ3n) is 2.05. The van der Waals surface area contributed by atoms with E-state index in [-0.39, 0.29) is 5.44 Å². The topological polar surface area (TPSA) is 57.4 Å². The molecule has 0 radical (unpaired) electrons. The Morgan fingerprint density at radius 1 is 1.67 bits per heavy atom. The Morgan fingerprint density at radius 2 is 2.60 bits per heavy atom. The minimum absolute atomic E-state index is 0.111. The van der Waals surface area contributed by atoms with Crippen LogP contribution in [0.4, 0.5) is 5.69 Å². The van der Waals surface area contributed by atoms with Crippen molar-refractivity contribution in [3.63, 3.8) is 0 Å². The second-order valence-corrected chi connectivity index (χ2v) is 4.50. The van der Waals surface area contributed by atoms with E-state index >= 15 is 0 Å². The largest absolute Gasteiger partial charge is 0.473 e. The Morgan fingerprint density at radius 3 is 3.33 bits per heavy atom. The number of ether oxygens (including phenoxy) is 2. The first-order valence-electron chi connectivity index (χ1n) is 4.93. The zero-order chi connectivity index (χ0) is 10.5. The Hall–Kier alpha value is -0.940. The molecule has 0 bridgehead atoms. The lowest BCUT2D eigenvalue weighted by Gasteiger charge is -2.22. The summed E-state index contributed by atoms with van der Waals surface area (Å²) < 4.78 is 11.0. The molecule has 4 nitrogen and oxygen atoms in total. The molecule has 0 unspecified atom stereocenters. The van der Waals surface area contributed by atoms with Gasteiger partial charge in [-0.25, -0.2) is 4.98 Å². The number of aromatic nitrogens is 1. The number of thioether (sulfide) groups is 1. The summed E-state index contributed by atoms with van der Waals surface area (Å²) in [5.41, 5.74) is 6.38. The van der Waals surface area contributed by atoms with Crippen LogP contribution in [-0.4, -0.2) is 29.4 Å². The van der Waals surface area contributed by atoms with Crippen LogP contribution in [0, 0.1) is 0 Å². The number of hydrogen-bond acceptors (Lipinski definition) is 5. The van der Waals surface area contributed by atoms with E-state index in [1.807, 2.05) is 0 Å². The van der Waals surface area contributed by atoms with Gasteiger partial charge in [-0.3, -0.25) is 0 Å². The number of rotatable bonds is 3. The van der Waals surface area contributed by atoms with E-state index in [0.717, 1.165) is 18.8 Å². The first-order chi connectivity index (χ1) is 7.36. The van der Waals surface area contributed by atoms with Crippen molar-refractivity contribution >= 4 is 17.4 Å². The van der Waals surface area contributed by atoms with Gasteiger partial charge < -0.3 is 15.2 Å². The van der Waals surface area contributed by atoms with Crippen LogP contribution >= 0.6 is 11.8 Å². The third kappa shape index (κ3) is 3.00. The monoisotopic (exact) mass is 226 g/mol. The molecule has 1 aliphatic rings. The van der Waals surface area contributed by atoms with Gasteiger partial charge in [0.15, 0.2) is 0 Å². The zero-order valence-corrected chi connectivity index (χ0v) is 9.20. The molecule has 2 rings (SSSR count). The van der Waals surface area contributed by atoms with Crippen molar-refractivity contribution in [1.82, 2.24) is 4.98 Å². The highest BCUT2D eigenvalue weighted by atomic mass is 32.2. The third-order valence-corrected chi connectivity index (χ3v) is 3.22. The van der Waals surface area contributed by atoms with Crippen molar-refractivity contribution in [2.24, 2.45) is 0 Å². The molecule has 1 aliphatic heterocycles. The maximum absolute atomic E-state index is 5.70. The van der Waals surface area contributed by atoms with Gasteiger partial charge in [0, 0.05) is 12.8 Å². The first kappa shape index (κ1) is 10.6. The van der Waals surface area contributed by atoms with E-state index in [1.165, 1.54) is 0 Å². The molecule has 1 saturated heterocycles. The van der Waals surface area contributed by atoms with E-state index in [2.05, 4.69) is 4.98 Å². The predicted octanol–water partition coefficient (Wildman–Crippen LogP) is 1.52. The molecule has 1 atom stereocenters. The highest BCUT2D eigenvalue weighted by molar-refractivity contribution is 7.99. The van der Waals surface area contributed by atoms with Crippen molar-refractivity contribution in [2.45, 2.75) is 11.9 Å². The van der Waals surface area contributed by atoms with Crippen molar-refractivity contribution in [2.75, 3.05) is 24.7 Å². The molecule has 0 amide bonds. The molecule has 0 aromatic carbocycles. The summed E-state index contributed by atoms with van der Waals surface area (Å²) in [4.78, 5) is 4.05. The number of nitrogens with zero attached hydrogens (tertiary/aromatic N) is 1. The summed E-state index contributed by atoms with van der Waals surface area (Å²) in [6.07, 6.45) is 2.79. The van der Waals surface area contributed by atoms with Gasteiger partial charge in [0.1, 0.15) is 12.0 Å². The number of nitrogen functional groups attached to an aromatic ring is 1. The van der Waals surface area contributed by atoms with Crippen LogP contribution in [0.1, 0.15) is 6.42 Å². The molecule has 1 aromatic rings. The Balaban J connectivity index is 1.84. The Bertz CT molecular complexity index is 316. The van der Waals surface area contributed by atoms with Crippen LogP contribution in [0.2, 0.25) is 0 Å². The standard InChI is InChI=1S/C10H14N2O2S/c11-8-3-1-4-12-10(8)14-7-9-13-5-2-6-15-9/h1,3-4,9H,2,5-7,11H2/t9-/m0/s1. The molecule has 0 aliphatic carbocycles. The number of pyridine rings is 1. The van der Waals surface area contributed by atoms with Crippen LogP contribution in [-0.2, 0) is 4.74 Å². The van der Waals surface area contributed by atoms with Crippen molar-refractivity contribution in [3.8, 4) is 5.88 Å². The normalized spacial score (nSPS) is 21.2. The first-order valence-corrected chi connectivity index (χ1v) is 5.97. The fraction of sp³-hybridized carbons (Fsp3) is 0.500. The summed E-state index contributed by atoms with van der Waals surface area (Å²) in [6, 6.07) is 3.56. The Labute approximate surface area is 93.2 Å². The average molecular weight is 226 g/mol. The molecule has 82 valence electrons. The lowest BCUT2D eigenvalue weighted by molar-refractivity contribution is 0.0697. The summed E-state index contributed by atoms with van der Waals surface area (Å²) >= 11 is 1.77.